The average Bonchev–Trinajstić information content (AvgIpc) is 3.24. The molecule has 2 aromatic heterocycles. The van der Waals surface area contributed by atoms with Crippen LogP contribution in [0.5, 0.6) is 6.01 Å². The zero-order chi connectivity index (χ0) is 27.0. The number of ether oxygens (including phenoxy) is 1. The number of anilines is 1. The van der Waals surface area contributed by atoms with Gasteiger partial charge in [0.05, 0.1) is 6.61 Å². The molecule has 0 atom stereocenters. The fourth-order valence-corrected chi connectivity index (χ4v) is 3.89. The minimum Gasteiger partial charge on any atom is -0.475 e. The van der Waals surface area contributed by atoms with Gasteiger partial charge >= 0.3 is 18.2 Å². The molecule has 0 bridgehead atoms. The van der Waals surface area contributed by atoms with Gasteiger partial charge in [-0.1, -0.05) is 37.6 Å². The summed E-state index contributed by atoms with van der Waals surface area (Å²) < 4.78 is 37.4. The van der Waals surface area contributed by atoms with E-state index in [1.165, 1.54) is 11.1 Å². The van der Waals surface area contributed by atoms with Crippen molar-refractivity contribution in [3.63, 3.8) is 0 Å². The Morgan fingerprint density at radius 3 is 2.51 bits per heavy atom. The number of rotatable bonds is 8. The molecule has 37 heavy (non-hydrogen) atoms. The van der Waals surface area contributed by atoms with E-state index in [0.717, 1.165) is 68.6 Å². The number of hydrogen-bond acceptors (Lipinski definition) is 7. The zero-order valence-electron chi connectivity index (χ0n) is 21.0. The number of carbonyl (C=O) groups is 1. The normalized spacial score (nSPS) is 14.8. The van der Waals surface area contributed by atoms with Crippen molar-refractivity contribution in [2.75, 3.05) is 45.6 Å². The molecule has 1 aliphatic heterocycles. The molecule has 0 amide bonds. The van der Waals surface area contributed by atoms with Crippen LogP contribution in [-0.4, -0.2) is 81.8 Å². The number of aliphatic carboxylic acids is 1. The largest absolute Gasteiger partial charge is 0.490 e. The molecular formula is C25H33F3N6O3. The van der Waals surface area contributed by atoms with Gasteiger partial charge in [-0.3, -0.25) is 4.90 Å². The molecule has 1 aliphatic rings. The molecule has 0 aliphatic carbocycles. The van der Waals surface area contributed by atoms with E-state index in [0.29, 0.717) is 18.4 Å². The van der Waals surface area contributed by atoms with E-state index < -0.39 is 12.1 Å². The molecule has 1 fully saturated rings. The van der Waals surface area contributed by atoms with Crippen LogP contribution in [0.1, 0.15) is 36.5 Å². The monoisotopic (exact) mass is 522 g/mol. The van der Waals surface area contributed by atoms with Crippen molar-refractivity contribution in [3.05, 3.63) is 47.2 Å². The molecule has 4 N–H and O–H groups in total. The number of piperazine rings is 1. The Balaban J connectivity index is 0.000000479. The number of aromatic nitrogens is 3. The van der Waals surface area contributed by atoms with Crippen LogP contribution in [0.25, 0.3) is 11.0 Å². The molecule has 12 heteroatoms. The molecular weight excluding hydrogens is 489 g/mol. The Bertz CT molecular complexity index is 1180. The van der Waals surface area contributed by atoms with Gasteiger partial charge in [-0.05, 0) is 24.6 Å². The van der Waals surface area contributed by atoms with Gasteiger partial charge in [-0.2, -0.15) is 23.1 Å². The maximum atomic E-state index is 10.6. The summed E-state index contributed by atoms with van der Waals surface area (Å²) in [5.74, 6) is -2.32. The summed E-state index contributed by atoms with van der Waals surface area (Å²) in [7, 11) is 2.19. The van der Waals surface area contributed by atoms with Crippen LogP contribution in [0, 0.1) is 0 Å². The standard InChI is InChI=1S/C23H32N6O.C2HF3O2/c1-3-4-12-30-23-26-20-19(15-25-21(20)22(24)27-23)14-17-6-5-7-18(13-17)16-29-10-8-28(2)9-11-29;3-2(4,5)1(6)7/h5-7,13,15,25H,3-4,8-12,14,16H2,1-2H3,(H2,24,26,27);(H,6,7). The minimum absolute atomic E-state index is 0.359. The minimum atomic E-state index is -5.08. The van der Waals surface area contributed by atoms with Crippen molar-refractivity contribution in [2.24, 2.45) is 0 Å². The molecule has 0 unspecified atom stereocenters. The van der Waals surface area contributed by atoms with E-state index in [4.69, 9.17) is 20.4 Å². The van der Waals surface area contributed by atoms with Gasteiger partial charge in [-0.15, -0.1) is 0 Å². The van der Waals surface area contributed by atoms with Crippen molar-refractivity contribution in [1.82, 2.24) is 24.8 Å². The highest BCUT2D eigenvalue weighted by molar-refractivity contribution is 5.87. The quantitative estimate of drug-likeness (QED) is 0.383. The van der Waals surface area contributed by atoms with Crippen molar-refractivity contribution in [3.8, 4) is 6.01 Å². The van der Waals surface area contributed by atoms with Crippen molar-refractivity contribution in [1.29, 1.82) is 0 Å². The smallest absolute Gasteiger partial charge is 0.475 e. The number of carboxylic acids is 1. The van der Waals surface area contributed by atoms with Gasteiger partial charge in [0.25, 0.3) is 0 Å². The Kier molecular flexibility index (Phi) is 9.70. The number of nitrogens with one attached hydrogen (secondary N) is 1. The number of alkyl halides is 3. The van der Waals surface area contributed by atoms with Gasteiger partial charge in [0.15, 0.2) is 5.82 Å². The molecule has 1 saturated heterocycles. The first-order valence-corrected chi connectivity index (χ1v) is 12.1. The molecule has 1 aromatic carbocycles. The lowest BCUT2D eigenvalue weighted by Gasteiger charge is -2.32. The lowest BCUT2D eigenvalue weighted by Crippen LogP contribution is -2.43. The third kappa shape index (κ3) is 8.32. The van der Waals surface area contributed by atoms with E-state index in [9.17, 15) is 13.2 Å². The molecule has 3 aromatic rings. The predicted octanol–water partition coefficient (Wildman–Crippen LogP) is 3.69. The van der Waals surface area contributed by atoms with Crippen LogP contribution in [0.15, 0.2) is 30.5 Å². The van der Waals surface area contributed by atoms with E-state index >= 15 is 0 Å². The summed E-state index contributed by atoms with van der Waals surface area (Å²) in [5.41, 5.74) is 11.5. The van der Waals surface area contributed by atoms with E-state index in [2.05, 4.69) is 63.0 Å². The molecule has 4 rings (SSSR count). The van der Waals surface area contributed by atoms with Crippen LogP contribution in [0.3, 0.4) is 0 Å². The highest BCUT2D eigenvalue weighted by Gasteiger charge is 2.38. The van der Waals surface area contributed by atoms with E-state index in [1.807, 2.05) is 6.20 Å². The number of carboxylic acid groups (broad SMARTS) is 1. The summed E-state index contributed by atoms with van der Waals surface area (Å²) in [6.07, 6.45) is -0.265. The fraction of sp³-hybridized carbons (Fsp3) is 0.480. The summed E-state index contributed by atoms with van der Waals surface area (Å²) in [4.78, 5) is 26.0. The first-order valence-electron chi connectivity index (χ1n) is 12.1. The van der Waals surface area contributed by atoms with Gasteiger partial charge in [-0.25, -0.2) is 4.79 Å². The van der Waals surface area contributed by atoms with Gasteiger partial charge in [0, 0.05) is 50.9 Å². The topological polar surface area (TPSA) is 121 Å². The van der Waals surface area contributed by atoms with Gasteiger partial charge in [0.2, 0.25) is 0 Å². The predicted molar refractivity (Wildman–Crippen MR) is 134 cm³/mol. The van der Waals surface area contributed by atoms with Crippen LogP contribution < -0.4 is 10.5 Å². The summed E-state index contributed by atoms with van der Waals surface area (Å²) in [5, 5.41) is 7.12. The average molecular weight is 523 g/mol. The highest BCUT2D eigenvalue weighted by Crippen LogP contribution is 2.25. The second-order valence-corrected chi connectivity index (χ2v) is 9.01. The maximum absolute atomic E-state index is 10.6. The number of fused-ring (bicyclic) bond motifs is 1. The number of likely N-dealkylation sites (N-methyl/N-ethyl adjacent to an activating group) is 1. The first kappa shape index (κ1) is 28.2. The van der Waals surface area contributed by atoms with Crippen molar-refractivity contribution >= 4 is 22.8 Å². The number of H-pyrrole nitrogens is 1. The molecule has 202 valence electrons. The number of benzene rings is 1. The van der Waals surface area contributed by atoms with Crippen LogP contribution >= 0.6 is 0 Å². The van der Waals surface area contributed by atoms with Crippen LogP contribution in [0.4, 0.5) is 19.0 Å². The highest BCUT2D eigenvalue weighted by atomic mass is 19.4. The Labute approximate surface area is 213 Å². The summed E-state index contributed by atoms with van der Waals surface area (Å²) >= 11 is 0. The molecule has 0 radical (unpaired) electrons. The number of hydrogen-bond donors (Lipinski definition) is 3. The summed E-state index contributed by atoms with van der Waals surface area (Å²) in [6.45, 7) is 8.26. The Hall–Kier alpha value is -3.38. The lowest BCUT2D eigenvalue weighted by molar-refractivity contribution is -0.192. The van der Waals surface area contributed by atoms with Gasteiger partial charge < -0.3 is 25.5 Å². The number of nitrogen functional groups attached to an aromatic ring is 1. The third-order valence-electron chi connectivity index (χ3n) is 5.97. The molecule has 9 nitrogen and oxygen atoms in total. The van der Waals surface area contributed by atoms with Gasteiger partial charge in [0.1, 0.15) is 11.0 Å². The Morgan fingerprint density at radius 1 is 1.19 bits per heavy atom. The van der Waals surface area contributed by atoms with Crippen molar-refractivity contribution < 1.29 is 27.8 Å². The lowest BCUT2D eigenvalue weighted by atomic mass is 10.0. The van der Waals surface area contributed by atoms with E-state index in [1.54, 1.807) is 0 Å². The molecule has 3 heterocycles. The number of nitrogens with two attached hydrogens (primary N) is 1. The molecule has 0 saturated carbocycles. The molecule has 0 spiro atoms. The van der Waals surface area contributed by atoms with E-state index in [-0.39, 0.29) is 0 Å². The van der Waals surface area contributed by atoms with Crippen molar-refractivity contribution in [2.45, 2.75) is 38.9 Å². The SMILES string of the molecule is CCCCOc1nc(N)c2[nH]cc(Cc3cccc(CN4CCN(C)CC4)c3)c2n1.O=C(O)C(F)(F)F. The zero-order valence-corrected chi connectivity index (χ0v) is 21.0. The number of nitrogens with zero attached hydrogens (tertiary/aromatic N) is 4. The number of halogens is 3. The first-order chi connectivity index (χ1) is 17.6. The Morgan fingerprint density at radius 2 is 1.86 bits per heavy atom. The third-order valence-corrected chi connectivity index (χ3v) is 5.97. The fourth-order valence-electron chi connectivity index (χ4n) is 3.89. The van der Waals surface area contributed by atoms with Crippen LogP contribution in [0.2, 0.25) is 0 Å². The number of aromatic amines is 1. The number of unbranched alkanes of at least 4 members (excludes halogenated alkanes) is 1. The maximum Gasteiger partial charge on any atom is 0.490 e. The second-order valence-electron chi connectivity index (χ2n) is 9.01. The summed E-state index contributed by atoms with van der Waals surface area (Å²) in [6, 6.07) is 9.21. The second kappa shape index (κ2) is 12.7. The van der Waals surface area contributed by atoms with Crippen LogP contribution in [-0.2, 0) is 17.8 Å².